The van der Waals surface area contributed by atoms with Crippen molar-refractivity contribution in [2.45, 2.75) is 37.1 Å². The number of likely N-dealkylation sites (tertiary alicyclic amines) is 2. The number of aromatic nitrogens is 1. The Kier molecular flexibility index (Phi) is 4.62. The number of rotatable bonds is 3. The van der Waals surface area contributed by atoms with Crippen LogP contribution in [0.1, 0.15) is 30.9 Å². The van der Waals surface area contributed by atoms with Crippen molar-refractivity contribution < 1.29 is 22.8 Å². The minimum Gasteiger partial charge on any atom is -0.453 e. The Morgan fingerprint density at radius 3 is 2.88 bits per heavy atom. The summed E-state index contributed by atoms with van der Waals surface area (Å²) >= 11 is 0. The summed E-state index contributed by atoms with van der Waals surface area (Å²) in [7, 11) is 1.31. The molecule has 2 aliphatic rings. The average molecular weight is 345 g/mol. The molecule has 134 valence electrons. The molecule has 0 aromatic carbocycles. The zero-order valence-corrected chi connectivity index (χ0v) is 13.5. The van der Waals surface area contributed by atoms with Crippen molar-refractivity contribution in [2.75, 3.05) is 33.3 Å². The predicted molar refractivity (Wildman–Crippen MR) is 80.2 cm³/mol. The number of nitrogens with zero attached hydrogens (tertiary/aromatic N) is 2. The Bertz CT molecular complexity index is 645. The number of hydrogen-bond acceptors (Lipinski definition) is 5. The number of alkyl halides is 2. The van der Waals surface area contributed by atoms with E-state index in [-0.39, 0.29) is 30.5 Å². The second-order valence-electron chi connectivity index (χ2n) is 6.49. The van der Waals surface area contributed by atoms with E-state index in [1.54, 1.807) is 9.80 Å². The van der Waals surface area contributed by atoms with Crippen molar-refractivity contribution in [3.63, 3.8) is 0 Å². The van der Waals surface area contributed by atoms with E-state index in [9.17, 15) is 18.4 Å². The molecule has 7 nitrogen and oxygen atoms in total. The van der Waals surface area contributed by atoms with Crippen molar-refractivity contribution in [1.82, 2.24) is 15.0 Å². The lowest BCUT2D eigenvalue weighted by molar-refractivity contribution is 0.00759. The quantitative estimate of drug-likeness (QED) is 0.901. The number of hydrogen-bond donors (Lipinski definition) is 1. The van der Waals surface area contributed by atoms with Crippen LogP contribution < -0.4 is 5.56 Å². The highest BCUT2D eigenvalue weighted by Crippen LogP contribution is 2.33. The van der Waals surface area contributed by atoms with Crippen molar-refractivity contribution >= 4 is 6.09 Å². The lowest BCUT2D eigenvalue weighted by Gasteiger charge is -2.39. The highest BCUT2D eigenvalue weighted by atomic mass is 19.3. The van der Waals surface area contributed by atoms with Gasteiger partial charge in [0.25, 0.3) is 11.5 Å². The summed E-state index contributed by atoms with van der Waals surface area (Å²) in [5, 5.41) is 2.26. The van der Waals surface area contributed by atoms with Gasteiger partial charge in [-0.25, -0.2) is 13.6 Å². The van der Waals surface area contributed by atoms with Crippen LogP contribution in [-0.2, 0) is 4.74 Å². The van der Waals surface area contributed by atoms with Crippen LogP contribution >= 0.6 is 0 Å². The Morgan fingerprint density at radius 2 is 2.29 bits per heavy atom. The van der Waals surface area contributed by atoms with Gasteiger partial charge < -0.3 is 14.2 Å². The van der Waals surface area contributed by atoms with E-state index >= 15 is 0 Å². The van der Waals surface area contributed by atoms with Crippen LogP contribution in [0.4, 0.5) is 13.6 Å². The van der Waals surface area contributed by atoms with Gasteiger partial charge >= 0.3 is 6.09 Å². The number of carbonyl (C=O) groups excluding carboxylic acids is 1. The van der Waals surface area contributed by atoms with Crippen LogP contribution in [0.2, 0.25) is 0 Å². The van der Waals surface area contributed by atoms with Crippen LogP contribution in [0.25, 0.3) is 0 Å². The lowest BCUT2D eigenvalue weighted by Crippen LogP contribution is -2.50. The Hall–Kier alpha value is -1.90. The maximum Gasteiger partial charge on any atom is 0.409 e. The van der Waals surface area contributed by atoms with Crippen LogP contribution in [0.5, 0.6) is 0 Å². The Labute approximate surface area is 137 Å². The molecule has 2 fully saturated rings. The molecule has 0 saturated carbocycles. The number of methoxy groups -OCH3 is 1. The van der Waals surface area contributed by atoms with Gasteiger partial charge in [0.1, 0.15) is 5.76 Å². The first-order valence-corrected chi connectivity index (χ1v) is 8.01. The average Bonchev–Trinajstić information content (AvgIpc) is 3.12. The molecule has 1 aromatic rings. The zero-order chi connectivity index (χ0) is 17.3. The van der Waals surface area contributed by atoms with E-state index in [0.29, 0.717) is 38.2 Å². The van der Waals surface area contributed by atoms with Crippen LogP contribution in [0.15, 0.2) is 15.4 Å². The number of H-pyrrole nitrogens is 1. The van der Waals surface area contributed by atoms with Gasteiger partial charge in [0.05, 0.1) is 13.7 Å². The van der Waals surface area contributed by atoms with E-state index in [4.69, 9.17) is 9.26 Å². The van der Waals surface area contributed by atoms with Crippen LogP contribution in [-0.4, -0.2) is 66.3 Å². The summed E-state index contributed by atoms with van der Waals surface area (Å²) in [6, 6.07) is 1.14. The first kappa shape index (κ1) is 16.9. The summed E-state index contributed by atoms with van der Waals surface area (Å²) in [6.07, 6.45) is 0.550. The van der Waals surface area contributed by atoms with Crippen LogP contribution in [0.3, 0.4) is 0 Å². The smallest absolute Gasteiger partial charge is 0.409 e. The zero-order valence-electron chi connectivity index (χ0n) is 13.5. The molecular formula is C15H21F2N3O4. The van der Waals surface area contributed by atoms with Gasteiger partial charge in [0, 0.05) is 44.1 Å². The molecule has 3 rings (SSSR count). The fraction of sp³-hybridized carbons (Fsp3) is 0.733. The molecule has 1 aromatic heterocycles. The third-order valence-electron chi connectivity index (χ3n) is 4.79. The number of amides is 1. The van der Waals surface area contributed by atoms with Gasteiger partial charge in [-0.2, -0.15) is 5.16 Å². The maximum absolute atomic E-state index is 13.4. The van der Waals surface area contributed by atoms with E-state index in [1.165, 1.54) is 13.2 Å². The molecule has 2 atom stereocenters. The highest BCUT2D eigenvalue weighted by molar-refractivity contribution is 5.68. The lowest BCUT2D eigenvalue weighted by atomic mass is 9.89. The first-order valence-electron chi connectivity index (χ1n) is 8.01. The minimum atomic E-state index is -2.67. The summed E-state index contributed by atoms with van der Waals surface area (Å²) in [6.45, 7) is 0.807. The summed E-state index contributed by atoms with van der Waals surface area (Å²) in [4.78, 5) is 26.5. The van der Waals surface area contributed by atoms with E-state index in [0.717, 1.165) is 0 Å². The van der Waals surface area contributed by atoms with Crippen molar-refractivity contribution in [3.8, 4) is 0 Å². The van der Waals surface area contributed by atoms with Gasteiger partial charge in [-0.1, -0.05) is 0 Å². The standard InChI is InChI=1S/C15H21F2N3O4/c1-23-14(22)20-4-2-10(12-7-13(21)18-24-12)6-11(20)8-19-5-3-15(16,17)9-19/h7,10-11H,2-6,8-9H2,1H3,(H,18,21)/t10-,11-/m0/s1. The Morgan fingerprint density at radius 1 is 1.50 bits per heavy atom. The third-order valence-corrected chi connectivity index (χ3v) is 4.79. The topological polar surface area (TPSA) is 78.8 Å². The molecule has 3 heterocycles. The third kappa shape index (κ3) is 3.61. The number of halogens is 2. The normalized spacial score (nSPS) is 27.4. The van der Waals surface area contributed by atoms with Gasteiger partial charge in [-0.3, -0.25) is 9.69 Å². The second-order valence-corrected chi connectivity index (χ2v) is 6.49. The van der Waals surface area contributed by atoms with Crippen molar-refractivity contribution in [3.05, 3.63) is 22.2 Å². The molecular weight excluding hydrogens is 324 g/mol. The molecule has 0 spiro atoms. The molecule has 0 unspecified atom stereocenters. The molecule has 24 heavy (non-hydrogen) atoms. The fourth-order valence-electron chi connectivity index (χ4n) is 3.60. The molecule has 1 N–H and O–H groups in total. The molecule has 2 aliphatic heterocycles. The number of ether oxygens (including phenoxy) is 1. The molecule has 9 heteroatoms. The van der Waals surface area contributed by atoms with Crippen molar-refractivity contribution in [2.24, 2.45) is 0 Å². The monoisotopic (exact) mass is 345 g/mol. The largest absolute Gasteiger partial charge is 0.453 e. The fourth-order valence-corrected chi connectivity index (χ4v) is 3.60. The summed E-state index contributed by atoms with van der Waals surface area (Å²) < 4.78 is 36.8. The SMILES string of the molecule is COC(=O)N1CC[C@H](c2cc(=O)[nH]o2)C[C@H]1CN1CCC(F)(F)C1. The molecule has 2 saturated heterocycles. The minimum absolute atomic E-state index is 0.0297. The van der Waals surface area contributed by atoms with Crippen LogP contribution in [0, 0.1) is 0 Å². The molecule has 0 radical (unpaired) electrons. The highest BCUT2D eigenvalue weighted by Gasteiger charge is 2.41. The maximum atomic E-state index is 13.4. The number of piperidine rings is 1. The molecule has 0 aliphatic carbocycles. The van der Waals surface area contributed by atoms with Gasteiger partial charge in [0.15, 0.2) is 0 Å². The summed E-state index contributed by atoms with van der Waals surface area (Å²) in [5.74, 6) is -2.16. The number of carbonyl (C=O) groups is 1. The van der Waals surface area contributed by atoms with Gasteiger partial charge in [0.2, 0.25) is 0 Å². The summed E-state index contributed by atoms with van der Waals surface area (Å²) in [5.41, 5.74) is -0.309. The Balaban J connectivity index is 1.72. The number of aromatic amines is 1. The molecule has 0 bridgehead atoms. The van der Waals surface area contributed by atoms with E-state index < -0.39 is 12.0 Å². The van der Waals surface area contributed by atoms with Crippen molar-refractivity contribution in [1.29, 1.82) is 0 Å². The molecule has 1 amide bonds. The van der Waals surface area contributed by atoms with Gasteiger partial charge in [-0.05, 0) is 12.8 Å². The van der Waals surface area contributed by atoms with E-state index in [2.05, 4.69) is 5.16 Å². The first-order chi connectivity index (χ1) is 11.4. The van der Waals surface area contributed by atoms with E-state index in [1.807, 2.05) is 0 Å². The second kappa shape index (κ2) is 6.54. The predicted octanol–water partition coefficient (Wildman–Crippen LogP) is 1.62. The van der Waals surface area contributed by atoms with Gasteiger partial charge in [-0.15, -0.1) is 0 Å². The number of nitrogens with one attached hydrogen (secondary N) is 1.